The summed E-state index contributed by atoms with van der Waals surface area (Å²) in [6.07, 6.45) is 5.14. The van der Waals surface area contributed by atoms with Gasteiger partial charge in [-0.3, -0.25) is 4.79 Å². The van der Waals surface area contributed by atoms with E-state index in [1.54, 1.807) is 0 Å². The number of carboxylic acid groups (broad SMARTS) is 1. The van der Waals surface area contributed by atoms with E-state index in [0.29, 0.717) is 6.54 Å². The second-order valence-corrected chi connectivity index (χ2v) is 6.41. The maximum Gasteiger partial charge on any atom is 0.307 e. The van der Waals surface area contributed by atoms with Crippen LogP contribution in [0.1, 0.15) is 36.6 Å². The molecule has 1 heterocycles. The van der Waals surface area contributed by atoms with Crippen LogP contribution >= 0.6 is 0 Å². The Labute approximate surface area is 153 Å². The molecule has 0 aliphatic rings. The lowest BCUT2D eigenvalue weighted by atomic mass is 9.97. The van der Waals surface area contributed by atoms with Crippen LogP contribution in [-0.4, -0.2) is 26.1 Å². The highest BCUT2D eigenvalue weighted by Gasteiger charge is 2.09. The van der Waals surface area contributed by atoms with E-state index >= 15 is 0 Å². The van der Waals surface area contributed by atoms with E-state index in [2.05, 4.69) is 29.4 Å². The molecule has 5 nitrogen and oxygen atoms in total. The monoisotopic (exact) mass is 349 g/mol. The molecule has 3 aromatic rings. The summed E-state index contributed by atoms with van der Waals surface area (Å²) in [4.78, 5) is 11.1. The molecule has 0 radical (unpaired) electrons. The molecule has 0 unspecified atom stereocenters. The fourth-order valence-electron chi connectivity index (χ4n) is 3.05. The van der Waals surface area contributed by atoms with Crippen molar-refractivity contribution < 1.29 is 9.90 Å². The van der Waals surface area contributed by atoms with Gasteiger partial charge in [0.1, 0.15) is 0 Å². The summed E-state index contributed by atoms with van der Waals surface area (Å²) in [5, 5.41) is 17.3. The predicted octanol–water partition coefficient (Wildman–Crippen LogP) is 3.96. The highest BCUT2D eigenvalue weighted by molar-refractivity contribution is 5.76. The lowest BCUT2D eigenvalue weighted by Crippen LogP contribution is -2.06. The van der Waals surface area contributed by atoms with Gasteiger partial charge in [0.25, 0.3) is 0 Å². The zero-order valence-electron chi connectivity index (χ0n) is 14.9. The van der Waals surface area contributed by atoms with Crippen molar-refractivity contribution >= 4 is 5.97 Å². The normalized spacial score (nSPS) is 10.8. The smallest absolute Gasteiger partial charge is 0.307 e. The number of unbranched alkanes of at least 4 members (excludes halogenated alkanes) is 1. The average Bonchev–Trinajstić information content (AvgIpc) is 3.08. The van der Waals surface area contributed by atoms with Crippen LogP contribution in [0, 0.1) is 0 Å². The van der Waals surface area contributed by atoms with E-state index < -0.39 is 5.97 Å². The van der Waals surface area contributed by atoms with Crippen LogP contribution in [0.15, 0.2) is 54.7 Å². The minimum atomic E-state index is -0.820. The number of aliphatic carboxylic acids is 1. The van der Waals surface area contributed by atoms with Crippen molar-refractivity contribution in [2.75, 3.05) is 0 Å². The van der Waals surface area contributed by atoms with Crippen molar-refractivity contribution in [1.82, 2.24) is 15.0 Å². The third kappa shape index (κ3) is 4.36. The SMILES string of the molecule is CCCCc1cnnn1Cc1ccc(-c2ccccc2CC(=O)O)cc1. The van der Waals surface area contributed by atoms with Crippen LogP contribution in [0.2, 0.25) is 0 Å². The van der Waals surface area contributed by atoms with E-state index in [1.807, 2.05) is 47.3 Å². The number of carboxylic acids is 1. The highest BCUT2D eigenvalue weighted by Crippen LogP contribution is 2.25. The maximum absolute atomic E-state index is 11.1. The Balaban J connectivity index is 1.78. The van der Waals surface area contributed by atoms with Crippen molar-refractivity contribution in [3.63, 3.8) is 0 Å². The van der Waals surface area contributed by atoms with Crippen LogP contribution in [0.25, 0.3) is 11.1 Å². The molecule has 2 aromatic carbocycles. The Bertz CT molecular complexity index is 869. The third-order valence-electron chi connectivity index (χ3n) is 4.44. The summed E-state index contributed by atoms with van der Waals surface area (Å²) >= 11 is 0. The molecule has 0 atom stereocenters. The minimum Gasteiger partial charge on any atom is -0.481 e. The lowest BCUT2D eigenvalue weighted by Gasteiger charge is -2.10. The van der Waals surface area contributed by atoms with Gasteiger partial charge in [-0.15, -0.1) is 5.10 Å². The average molecular weight is 349 g/mol. The van der Waals surface area contributed by atoms with Crippen LogP contribution in [0.5, 0.6) is 0 Å². The largest absolute Gasteiger partial charge is 0.481 e. The summed E-state index contributed by atoms with van der Waals surface area (Å²) in [5.74, 6) is -0.820. The van der Waals surface area contributed by atoms with Crippen LogP contribution < -0.4 is 0 Å². The molecular formula is C21H23N3O2. The fourth-order valence-corrected chi connectivity index (χ4v) is 3.05. The number of nitrogens with zero attached hydrogens (tertiary/aromatic N) is 3. The third-order valence-corrected chi connectivity index (χ3v) is 4.44. The number of benzene rings is 2. The first-order chi connectivity index (χ1) is 12.7. The summed E-state index contributed by atoms with van der Waals surface area (Å²) in [5.41, 5.74) is 5.11. The Morgan fingerprint density at radius 2 is 1.88 bits per heavy atom. The van der Waals surface area contributed by atoms with Gasteiger partial charge in [-0.05, 0) is 35.1 Å². The number of hydrogen-bond acceptors (Lipinski definition) is 3. The quantitative estimate of drug-likeness (QED) is 0.668. The predicted molar refractivity (Wildman–Crippen MR) is 101 cm³/mol. The molecule has 3 rings (SSSR count). The van der Waals surface area contributed by atoms with E-state index in [4.69, 9.17) is 5.11 Å². The second-order valence-electron chi connectivity index (χ2n) is 6.41. The number of aryl methyl sites for hydroxylation is 1. The van der Waals surface area contributed by atoms with Crippen molar-refractivity contribution in [3.05, 3.63) is 71.5 Å². The zero-order chi connectivity index (χ0) is 18.4. The molecule has 5 heteroatoms. The van der Waals surface area contributed by atoms with Crippen molar-refractivity contribution in [1.29, 1.82) is 0 Å². The van der Waals surface area contributed by atoms with Gasteiger partial charge >= 0.3 is 5.97 Å². The molecule has 0 spiro atoms. The molecule has 1 aromatic heterocycles. The first kappa shape index (κ1) is 17.9. The van der Waals surface area contributed by atoms with E-state index in [9.17, 15) is 4.79 Å². The highest BCUT2D eigenvalue weighted by atomic mass is 16.4. The molecule has 0 amide bonds. The summed E-state index contributed by atoms with van der Waals surface area (Å²) in [6.45, 7) is 2.87. The Morgan fingerprint density at radius 1 is 1.12 bits per heavy atom. The topological polar surface area (TPSA) is 68.0 Å². The minimum absolute atomic E-state index is 0.0255. The summed E-state index contributed by atoms with van der Waals surface area (Å²) in [7, 11) is 0. The Hall–Kier alpha value is -2.95. The van der Waals surface area contributed by atoms with Crippen molar-refractivity contribution in [3.8, 4) is 11.1 Å². The van der Waals surface area contributed by atoms with Gasteiger partial charge in [0.05, 0.1) is 24.9 Å². The molecule has 0 bridgehead atoms. The Morgan fingerprint density at radius 3 is 2.62 bits per heavy atom. The van der Waals surface area contributed by atoms with Crippen LogP contribution in [-0.2, 0) is 24.2 Å². The number of aromatic nitrogens is 3. The van der Waals surface area contributed by atoms with E-state index in [0.717, 1.165) is 47.2 Å². The van der Waals surface area contributed by atoms with Crippen LogP contribution in [0.3, 0.4) is 0 Å². The molecular weight excluding hydrogens is 326 g/mol. The molecule has 134 valence electrons. The van der Waals surface area contributed by atoms with E-state index in [1.165, 1.54) is 0 Å². The molecule has 0 aliphatic carbocycles. The van der Waals surface area contributed by atoms with Gasteiger partial charge < -0.3 is 5.11 Å². The van der Waals surface area contributed by atoms with Gasteiger partial charge in [0.2, 0.25) is 0 Å². The molecule has 1 N–H and O–H groups in total. The van der Waals surface area contributed by atoms with Crippen LogP contribution in [0.4, 0.5) is 0 Å². The van der Waals surface area contributed by atoms with Gasteiger partial charge in [-0.2, -0.15) is 0 Å². The zero-order valence-corrected chi connectivity index (χ0v) is 14.9. The van der Waals surface area contributed by atoms with Crippen molar-refractivity contribution in [2.45, 2.75) is 39.2 Å². The maximum atomic E-state index is 11.1. The van der Waals surface area contributed by atoms with E-state index in [-0.39, 0.29) is 6.42 Å². The van der Waals surface area contributed by atoms with Gasteiger partial charge in [-0.1, -0.05) is 67.1 Å². The van der Waals surface area contributed by atoms with Gasteiger partial charge in [0.15, 0.2) is 0 Å². The molecule has 0 fully saturated rings. The number of hydrogen-bond donors (Lipinski definition) is 1. The molecule has 26 heavy (non-hydrogen) atoms. The number of carbonyl (C=O) groups is 1. The van der Waals surface area contributed by atoms with Gasteiger partial charge in [0, 0.05) is 0 Å². The summed E-state index contributed by atoms with van der Waals surface area (Å²) in [6, 6.07) is 15.9. The van der Waals surface area contributed by atoms with Crippen molar-refractivity contribution in [2.24, 2.45) is 0 Å². The molecule has 0 aliphatic heterocycles. The van der Waals surface area contributed by atoms with Gasteiger partial charge in [-0.25, -0.2) is 4.68 Å². The summed E-state index contributed by atoms with van der Waals surface area (Å²) < 4.78 is 1.95. The second kappa shape index (κ2) is 8.43. The molecule has 0 saturated heterocycles. The number of rotatable bonds is 8. The molecule has 0 saturated carbocycles. The first-order valence-electron chi connectivity index (χ1n) is 8.93. The fraction of sp³-hybridized carbons (Fsp3) is 0.286. The standard InChI is InChI=1S/C21H23N3O2/c1-2-3-7-19-14-22-23-24(19)15-16-9-11-17(12-10-16)20-8-5-4-6-18(20)13-21(25)26/h4-6,8-12,14H,2-3,7,13,15H2,1H3,(H,25,26). The Kier molecular flexibility index (Phi) is 5.79. The lowest BCUT2D eigenvalue weighted by molar-refractivity contribution is -0.136. The first-order valence-corrected chi connectivity index (χ1v) is 8.93.